The number of carbonyl (C=O) groups excluding carboxylic acids is 2. The third kappa shape index (κ3) is 3.32. The second kappa shape index (κ2) is 6.76. The number of piperidine rings is 1. The normalized spacial score (nSPS) is 15.2. The fraction of sp³-hybridized carbons (Fsp3) is 0.429. The molecule has 1 fully saturated rings. The highest BCUT2D eigenvalue weighted by Crippen LogP contribution is 2.19. The molecule has 0 N–H and O–H groups in total. The van der Waals surface area contributed by atoms with Crippen LogP contribution in [0.4, 0.5) is 0 Å². The number of azide groups is 1. The topological polar surface area (TPSA) is 95.4 Å². The molecule has 1 aliphatic rings. The van der Waals surface area contributed by atoms with Crippen LogP contribution in [0.15, 0.2) is 29.4 Å². The molecule has 0 saturated carbocycles. The van der Waals surface area contributed by atoms with Crippen LogP contribution in [0.1, 0.15) is 33.6 Å². The number of amides is 1. The van der Waals surface area contributed by atoms with Crippen molar-refractivity contribution < 1.29 is 14.3 Å². The first-order valence-corrected chi connectivity index (χ1v) is 6.68. The molecule has 0 spiro atoms. The molecule has 2 rings (SSSR count). The van der Waals surface area contributed by atoms with Gasteiger partial charge in [0.1, 0.15) is 0 Å². The Morgan fingerprint density at radius 3 is 2.48 bits per heavy atom. The van der Waals surface area contributed by atoms with Gasteiger partial charge in [0.2, 0.25) is 0 Å². The minimum absolute atomic E-state index is 0.0603. The molecular formula is C14H16N4O3. The van der Waals surface area contributed by atoms with E-state index < -0.39 is 5.97 Å². The van der Waals surface area contributed by atoms with Crippen molar-refractivity contribution in [3.63, 3.8) is 0 Å². The highest BCUT2D eigenvalue weighted by atomic mass is 16.5. The summed E-state index contributed by atoms with van der Waals surface area (Å²) in [6, 6.07) is 6.54. The molecule has 1 aromatic carbocycles. The fourth-order valence-corrected chi connectivity index (χ4v) is 2.39. The first-order chi connectivity index (χ1) is 10.2. The van der Waals surface area contributed by atoms with Gasteiger partial charge in [0.15, 0.2) is 0 Å². The molecule has 0 aliphatic carbocycles. The van der Waals surface area contributed by atoms with E-state index in [9.17, 15) is 9.59 Å². The summed E-state index contributed by atoms with van der Waals surface area (Å²) in [5, 5.41) is 3.68. The monoisotopic (exact) mass is 288 g/mol. The standard InChI is InChI=1S/C14H16N4O3/c1-21-14(20)12-5-3-2-4-11(12)13(19)18-8-6-10(7-9-18)16-17-15/h2-5,10H,6-9H2,1H3. The first-order valence-electron chi connectivity index (χ1n) is 6.68. The first kappa shape index (κ1) is 14.9. The lowest BCUT2D eigenvalue weighted by Crippen LogP contribution is -2.40. The highest BCUT2D eigenvalue weighted by Gasteiger charge is 2.26. The van der Waals surface area contributed by atoms with Crippen LogP contribution in [0.25, 0.3) is 10.4 Å². The van der Waals surface area contributed by atoms with E-state index in [1.807, 2.05) is 0 Å². The smallest absolute Gasteiger partial charge is 0.338 e. The number of likely N-dealkylation sites (tertiary alicyclic amines) is 1. The van der Waals surface area contributed by atoms with Gasteiger partial charge in [0, 0.05) is 24.0 Å². The third-order valence-electron chi connectivity index (χ3n) is 3.53. The lowest BCUT2D eigenvalue weighted by molar-refractivity contribution is 0.0586. The highest BCUT2D eigenvalue weighted by molar-refractivity contribution is 6.05. The molecule has 1 saturated heterocycles. The molecule has 1 heterocycles. The van der Waals surface area contributed by atoms with Crippen LogP contribution in [0.5, 0.6) is 0 Å². The van der Waals surface area contributed by atoms with Gasteiger partial charge >= 0.3 is 5.97 Å². The molecule has 0 bridgehead atoms. The van der Waals surface area contributed by atoms with Gasteiger partial charge < -0.3 is 9.64 Å². The number of esters is 1. The zero-order valence-electron chi connectivity index (χ0n) is 11.7. The lowest BCUT2D eigenvalue weighted by Gasteiger charge is -2.30. The number of hydrogen-bond acceptors (Lipinski definition) is 4. The number of ether oxygens (including phenoxy) is 1. The van der Waals surface area contributed by atoms with Crippen molar-refractivity contribution in [1.29, 1.82) is 0 Å². The quantitative estimate of drug-likeness (QED) is 0.370. The van der Waals surface area contributed by atoms with E-state index in [1.54, 1.807) is 29.2 Å². The van der Waals surface area contributed by atoms with E-state index in [1.165, 1.54) is 7.11 Å². The Kier molecular flexibility index (Phi) is 4.79. The number of methoxy groups -OCH3 is 1. The molecule has 1 amide bonds. The number of rotatable bonds is 3. The van der Waals surface area contributed by atoms with E-state index >= 15 is 0 Å². The zero-order valence-corrected chi connectivity index (χ0v) is 11.7. The van der Waals surface area contributed by atoms with Crippen molar-refractivity contribution in [2.75, 3.05) is 20.2 Å². The second-order valence-corrected chi connectivity index (χ2v) is 4.77. The lowest BCUT2D eigenvalue weighted by atomic mass is 10.0. The molecule has 0 radical (unpaired) electrons. The summed E-state index contributed by atoms with van der Waals surface area (Å²) in [4.78, 5) is 28.7. The molecule has 1 aromatic rings. The maximum absolute atomic E-state index is 12.5. The summed E-state index contributed by atoms with van der Waals surface area (Å²) < 4.78 is 4.70. The number of benzene rings is 1. The second-order valence-electron chi connectivity index (χ2n) is 4.77. The summed E-state index contributed by atoms with van der Waals surface area (Å²) in [5.41, 5.74) is 9.03. The maximum atomic E-state index is 12.5. The van der Waals surface area contributed by atoms with Gasteiger partial charge in [-0.15, -0.1) is 0 Å². The predicted octanol–water partition coefficient (Wildman–Crippen LogP) is 2.39. The minimum atomic E-state index is -0.525. The largest absolute Gasteiger partial charge is 0.465 e. The summed E-state index contributed by atoms with van der Waals surface area (Å²) in [6.45, 7) is 1.02. The van der Waals surface area contributed by atoms with Crippen molar-refractivity contribution in [2.24, 2.45) is 5.11 Å². The van der Waals surface area contributed by atoms with E-state index in [0.717, 1.165) is 0 Å². The number of carbonyl (C=O) groups is 2. The van der Waals surface area contributed by atoms with Crippen molar-refractivity contribution in [2.45, 2.75) is 18.9 Å². The Labute approximate surface area is 122 Å². The van der Waals surface area contributed by atoms with Crippen molar-refractivity contribution >= 4 is 11.9 Å². The van der Waals surface area contributed by atoms with Crippen LogP contribution in [0.3, 0.4) is 0 Å². The summed E-state index contributed by atoms with van der Waals surface area (Å²) in [7, 11) is 1.29. The average Bonchev–Trinajstić information content (AvgIpc) is 2.54. The predicted molar refractivity (Wildman–Crippen MR) is 75.9 cm³/mol. The van der Waals surface area contributed by atoms with Gasteiger partial charge in [-0.1, -0.05) is 17.2 Å². The van der Waals surface area contributed by atoms with Gasteiger partial charge in [-0.2, -0.15) is 0 Å². The average molecular weight is 288 g/mol. The van der Waals surface area contributed by atoms with Gasteiger partial charge in [0.25, 0.3) is 5.91 Å². The van der Waals surface area contributed by atoms with E-state index in [2.05, 4.69) is 10.0 Å². The van der Waals surface area contributed by atoms with Gasteiger partial charge in [-0.25, -0.2) is 4.79 Å². The van der Waals surface area contributed by atoms with Crippen LogP contribution in [-0.4, -0.2) is 43.0 Å². The molecular weight excluding hydrogens is 272 g/mol. The third-order valence-corrected chi connectivity index (χ3v) is 3.53. The van der Waals surface area contributed by atoms with Gasteiger partial charge in [0.05, 0.1) is 18.2 Å². The molecule has 21 heavy (non-hydrogen) atoms. The number of nitrogens with zero attached hydrogens (tertiary/aromatic N) is 4. The molecule has 0 unspecified atom stereocenters. The van der Waals surface area contributed by atoms with Crippen LogP contribution in [0.2, 0.25) is 0 Å². The van der Waals surface area contributed by atoms with E-state index in [4.69, 9.17) is 10.3 Å². The summed E-state index contributed by atoms with van der Waals surface area (Å²) in [5.74, 6) is -0.724. The SMILES string of the molecule is COC(=O)c1ccccc1C(=O)N1CCC(N=[N+]=[N-])CC1. The van der Waals surface area contributed by atoms with Gasteiger partial charge in [-0.05, 0) is 30.5 Å². The van der Waals surface area contributed by atoms with Crippen molar-refractivity contribution in [3.05, 3.63) is 45.8 Å². The zero-order chi connectivity index (χ0) is 15.2. The van der Waals surface area contributed by atoms with Gasteiger partial charge in [-0.3, -0.25) is 4.79 Å². The molecule has 7 nitrogen and oxygen atoms in total. The Hall–Kier alpha value is -2.53. The fourth-order valence-electron chi connectivity index (χ4n) is 2.39. The minimum Gasteiger partial charge on any atom is -0.465 e. The molecule has 0 atom stereocenters. The Bertz CT molecular complexity index is 588. The van der Waals surface area contributed by atoms with E-state index in [-0.39, 0.29) is 17.5 Å². The van der Waals surface area contributed by atoms with Crippen LogP contribution in [0, 0.1) is 0 Å². The summed E-state index contributed by atoms with van der Waals surface area (Å²) >= 11 is 0. The Balaban J connectivity index is 2.14. The maximum Gasteiger partial charge on any atom is 0.338 e. The van der Waals surface area contributed by atoms with Crippen LogP contribution >= 0.6 is 0 Å². The Morgan fingerprint density at radius 1 is 1.29 bits per heavy atom. The van der Waals surface area contributed by atoms with E-state index in [0.29, 0.717) is 31.5 Å². The number of hydrogen-bond donors (Lipinski definition) is 0. The van der Waals surface area contributed by atoms with Crippen molar-refractivity contribution in [3.8, 4) is 0 Å². The van der Waals surface area contributed by atoms with Crippen LogP contribution in [-0.2, 0) is 4.74 Å². The molecule has 7 heteroatoms. The van der Waals surface area contributed by atoms with Crippen LogP contribution < -0.4 is 0 Å². The molecule has 1 aliphatic heterocycles. The van der Waals surface area contributed by atoms with Crippen molar-refractivity contribution in [1.82, 2.24) is 4.90 Å². The summed E-state index contributed by atoms with van der Waals surface area (Å²) in [6.07, 6.45) is 1.27. The molecule has 0 aromatic heterocycles. The Morgan fingerprint density at radius 2 is 1.90 bits per heavy atom. The molecule has 110 valence electrons.